The molecule has 0 saturated carbocycles. The maximum Gasteiger partial charge on any atom is -0.000741 e. The zero-order valence-electron chi connectivity index (χ0n) is 36.1. The summed E-state index contributed by atoms with van der Waals surface area (Å²) in [5.74, 6) is 0. The first kappa shape index (κ1) is 36.9. The Labute approximate surface area is 383 Å². The predicted octanol–water partition coefficient (Wildman–Crippen LogP) is 18.6. The molecule has 14 rings (SSSR count). The lowest BCUT2D eigenvalue weighted by Gasteiger charge is -2.21. The lowest BCUT2D eigenvalue weighted by Crippen LogP contribution is -1.94. The standard InChI is InChI=1S/C66H40/c1-3-14-41(15-4-1)51-38-52(42-16-5-2-6-17-42)40-55(39-51)56-30-31-61-64-57(56)24-13-25-60(64)65-62(49-28-26-47-32-43-18-7-9-20-45(43)34-53(47)36-49)58-22-11-12-23-59(58)63(66(61)65)50-29-27-48-33-44-19-8-10-21-46(44)35-54(48)37-50/h1-40H. The van der Waals surface area contributed by atoms with Crippen molar-refractivity contribution in [3.05, 3.63) is 243 Å². The molecule has 1 aliphatic rings. The van der Waals surface area contributed by atoms with E-state index in [1.165, 1.54) is 143 Å². The van der Waals surface area contributed by atoms with Crippen molar-refractivity contribution in [1.82, 2.24) is 0 Å². The molecule has 0 unspecified atom stereocenters. The molecule has 304 valence electrons. The van der Waals surface area contributed by atoms with Gasteiger partial charge in [-0.05, 0) is 197 Å². The third kappa shape index (κ3) is 5.72. The topological polar surface area (TPSA) is 0 Å². The van der Waals surface area contributed by atoms with Crippen molar-refractivity contribution in [2.75, 3.05) is 0 Å². The summed E-state index contributed by atoms with van der Waals surface area (Å²) in [7, 11) is 0. The van der Waals surface area contributed by atoms with E-state index in [9.17, 15) is 0 Å². The highest BCUT2D eigenvalue weighted by Gasteiger charge is 2.31. The van der Waals surface area contributed by atoms with Crippen LogP contribution in [0.15, 0.2) is 243 Å². The minimum absolute atomic E-state index is 1.21. The molecule has 0 heteroatoms. The largest absolute Gasteiger partial charge is 0.0622 e. The quantitative estimate of drug-likeness (QED) is 0.152. The molecule has 0 aliphatic heterocycles. The number of rotatable bonds is 5. The van der Waals surface area contributed by atoms with E-state index in [0.29, 0.717) is 0 Å². The van der Waals surface area contributed by atoms with Gasteiger partial charge in [0.2, 0.25) is 0 Å². The van der Waals surface area contributed by atoms with E-state index in [-0.39, 0.29) is 0 Å². The van der Waals surface area contributed by atoms with Crippen LogP contribution < -0.4 is 0 Å². The zero-order valence-corrected chi connectivity index (χ0v) is 36.1. The normalized spacial score (nSPS) is 11.9. The summed E-state index contributed by atoms with van der Waals surface area (Å²) in [5, 5.41) is 15.1. The molecule has 0 aromatic heterocycles. The highest BCUT2D eigenvalue weighted by molar-refractivity contribution is 6.29. The molecule has 0 saturated heterocycles. The van der Waals surface area contributed by atoms with E-state index >= 15 is 0 Å². The average molecular weight is 833 g/mol. The van der Waals surface area contributed by atoms with Crippen LogP contribution in [0.1, 0.15) is 0 Å². The number of hydrogen-bond acceptors (Lipinski definition) is 0. The van der Waals surface area contributed by atoms with Crippen molar-refractivity contribution >= 4 is 64.6 Å². The molecule has 0 heterocycles. The molecule has 66 heavy (non-hydrogen) atoms. The maximum absolute atomic E-state index is 2.43. The molecule has 1 aliphatic carbocycles. The Morgan fingerprint density at radius 3 is 1.08 bits per heavy atom. The number of hydrogen-bond donors (Lipinski definition) is 0. The molecule has 0 nitrogen and oxygen atoms in total. The van der Waals surface area contributed by atoms with Crippen LogP contribution in [0.4, 0.5) is 0 Å². The van der Waals surface area contributed by atoms with Gasteiger partial charge < -0.3 is 0 Å². The van der Waals surface area contributed by atoms with Crippen LogP contribution >= 0.6 is 0 Å². The summed E-state index contributed by atoms with van der Waals surface area (Å²) in [6.07, 6.45) is 0. The van der Waals surface area contributed by atoms with Gasteiger partial charge in [-0.1, -0.05) is 188 Å². The summed E-state index contributed by atoms with van der Waals surface area (Å²) in [6, 6.07) is 90.7. The Kier molecular flexibility index (Phi) is 8.08. The minimum Gasteiger partial charge on any atom is -0.0622 e. The van der Waals surface area contributed by atoms with E-state index in [1.54, 1.807) is 0 Å². The lowest BCUT2D eigenvalue weighted by molar-refractivity contribution is 1.58. The second-order valence-electron chi connectivity index (χ2n) is 18.0. The van der Waals surface area contributed by atoms with Crippen LogP contribution in [-0.4, -0.2) is 0 Å². The Morgan fingerprint density at radius 2 is 0.561 bits per heavy atom. The fourth-order valence-electron chi connectivity index (χ4n) is 11.2. The molecule has 0 bridgehead atoms. The Bertz CT molecular complexity index is 3910. The van der Waals surface area contributed by atoms with Gasteiger partial charge in [0.15, 0.2) is 0 Å². The fraction of sp³-hybridized carbons (Fsp3) is 0. The molecular weight excluding hydrogens is 793 g/mol. The third-order valence-electron chi connectivity index (χ3n) is 14.2. The van der Waals surface area contributed by atoms with Gasteiger partial charge in [0.1, 0.15) is 0 Å². The first-order valence-corrected chi connectivity index (χ1v) is 23.0. The highest BCUT2D eigenvalue weighted by atomic mass is 14.3. The van der Waals surface area contributed by atoms with Crippen LogP contribution in [0.25, 0.3) is 143 Å². The second kappa shape index (κ2) is 14.5. The average Bonchev–Trinajstić information content (AvgIpc) is 3.71. The highest BCUT2D eigenvalue weighted by Crippen LogP contribution is 2.59. The Balaban J connectivity index is 1.07. The zero-order chi connectivity index (χ0) is 43.3. The number of fused-ring (bicyclic) bond motifs is 8. The lowest BCUT2D eigenvalue weighted by atomic mass is 9.82. The van der Waals surface area contributed by atoms with Gasteiger partial charge in [-0.15, -0.1) is 0 Å². The van der Waals surface area contributed by atoms with Crippen LogP contribution in [0.2, 0.25) is 0 Å². The van der Waals surface area contributed by atoms with Gasteiger partial charge in [0, 0.05) is 0 Å². The molecule has 0 radical (unpaired) electrons. The summed E-state index contributed by atoms with van der Waals surface area (Å²) in [4.78, 5) is 0. The van der Waals surface area contributed by atoms with Crippen molar-refractivity contribution in [1.29, 1.82) is 0 Å². The van der Waals surface area contributed by atoms with Gasteiger partial charge in [0.25, 0.3) is 0 Å². The second-order valence-corrected chi connectivity index (χ2v) is 18.0. The van der Waals surface area contributed by atoms with E-state index in [1.807, 2.05) is 0 Å². The number of benzene rings is 13. The predicted molar refractivity (Wildman–Crippen MR) is 283 cm³/mol. The van der Waals surface area contributed by atoms with Crippen molar-refractivity contribution in [2.45, 2.75) is 0 Å². The Morgan fingerprint density at radius 1 is 0.167 bits per heavy atom. The van der Waals surface area contributed by atoms with Crippen molar-refractivity contribution in [3.8, 4) is 77.9 Å². The van der Waals surface area contributed by atoms with E-state index in [2.05, 4.69) is 243 Å². The first-order chi connectivity index (χ1) is 32.7. The van der Waals surface area contributed by atoms with Gasteiger partial charge >= 0.3 is 0 Å². The summed E-state index contributed by atoms with van der Waals surface area (Å²) < 4.78 is 0. The monoisotopic (exact) mass is 832 g/mol. The van der Waals surface area contributed by atoms with Crippen LogP contribution in [0.5, 0.6) is 0 Å². The molecule has 0 spiro atoms. The van der Waals surface area contributed by atoms with Crippen LogP contribution in [-0.2, 0) is 0 Å². The fourth-order valence-corrected chi connectivity index (χ4v) is 11.2. The van der Waals surface area contributed by atoms with Crippen molar-refractivity contribution in [2.24, 2.45) is 0 Å². The minimum atomic E-state index is 1.21. The first-order valence-electron chi connectivity index (χ1n) is 23.0. The van der Waals surface area contributed by atoms with Crippen LogP contribution in [0, 0.1) is 0 Å². The van der Waals surface area contributed by atoms with Gasteiger partial charge in [-0.3, -0.25) is 0 Å². The van der Waals surface area contributed by atoms with E-state index < -0.39 is 0 Å². The smallest absolute Gasteiger partial charge is 0.000741 e. The molecule has 0 N–H and O–H groups in total. The van der Waals surface area contributed by atoms with Crippen molar-refractivity contribution < 1.29 is 0 Å². The van der Waals surface area contributed by atoms with Crippen LogP contribution in [0.3, 0.4) is 0 Å². The summed E-state index contributed by atoms with van der Waals surface area (Å²) >= 11 is 0. The molecule has 0 amide bonds. The maximum atomic E-state index is 2.43. The molecular formula is C66H40. The van der Waals surface area contributed by atoms with Gasteiger partial charge in [-0.25, -0.2) is 0 Å². The van der Waals surface area contributed by atoms with Gasteiger partial charge in [-0.2, -0.15) is 0 Å². The van der Waals surface area contributed by atoms with E-state index in [0.717, 1.165) is 0 Å². The summed E-state index contributed by atoms with van der Waals surface area (Å²) in [6.45, 7) is 0. The van der Waals surface area contributed by atoms with E-state index in [4.69, 9.17) is 0 Å². The molecule has 13 aromatic carbocycles. The molecule has 0 fully saturated rings. The summed E-state index contributed by atoms with van der Waals surface area (Å²) in [5.41, 5.74) is 17.5. The molecule has 0 atom stereocenters. The van der Waals surface area contributed by atoms with Gasteiger partial charge in [0.05, 0.1) is 0 Å². The third-order valence-corrected chi connectivity index (χ3v) is 14.2. The Hall–Kier alpha value is -8.58. The molecule has 13 aromatic rings. The van der Waals surface area contributed by atoms with Crippen molar-refractivity contribution in [3.63, 3.8) is 0 Å². The SMILES string of the molecule is c1ccc(-c2cc(-c3ccccc3)cc(-c3ccc4c5c(cccc35)-c3c-4c(-c4ccc5cc6ccccc6cc5c4)c4ccccc4c3-c3ccc4cc5ccccc5cc4c3)c2)cc1.